The Balaban J connectivity index is 0.00000162. The highest BCUT2D eigenvalue weighted by Crippen LogP contribution is 2.21. The van der Waals surface area contributed by atoms with E-state index in [9.17, 15) is 8.42 Å². The molecule has 0 amide bonds. The first kappa shape index (κ1) is 15.4. The highest BCUT2D eigenvalue weighted by molar-refractivity contribution is 7.89. The van der Waals surface area contributed by atoms with Gasteiger partial charge in [-0.1, -0.05) is 12.1 Å². The van der Waals surface area contributed by atoms with Crippen molar-refractivity contribution in [1.82, 2.24) is 9.62 Å². The maximum absolute atomic E-state index is 12.3. The van der Waals surface area contributed by atoms with Crippen LogP contribution in [0.25, 0.3) is 0 Å². The SMILES string of the molecule is CNC1CCN(S(=O)(=O)c2cccc(C)c2)C1.Cl. The summed E-state index contributed by atoms with van der Waals surface area (Å²) in [5, 5.41) is 3.12. The summed E-state index contributed by atoms with van der Waals surface area (Å²) in [7, 11) is -1.44. The molecule has 1 fully saturated rings. The highest BCUT2D eigenvalue weighted by atomic mass is 35.5. The summed E-state index contributed by atoms with van der Waals surface area (Å²) in [5.74, 6) is 0. The molecule has 1 aromatic rings. The molecule has 1 N–H and O–H groups in total. The lowest BCUT2D eigenvalue weighted by Gasteiger charge is -2.16. The molecule has 2 rings (SSSR count). The van der Waals surface area contributed by atoms with Gasteiger partial charge in [-0.25, -0.2) is 8.42 Å². The van der Waals surface area contributed by atoms with Crippen LogP contribution in [0.3, 0.4) is 0 Å². The van der Waals surface area contributed by atoms with Crippen molar-refractivity contribution in [1.29, 1.82) is 0 Å². The summed E-state index contributed by atoms with van der Waals surface area (Å²) < 4.78 is 26.3. The maximum Gasteiger partial charge on any atom is 0.243 e. The fourth-order valence-electron chi connectivity index (χ4n) is 2.11. The number of hydrogen-bond acceptors (Lipinski definition) is 3. The molecule has 18 heavy (non-hydrogen) atoms. The van der Waals surface area contributed by atoms with Crippen LogP contribution >= 0.6 is 12.4 Å². The first-order valence-corrected chi connectivity index (χ1v) is 7.22. The third kappa shape index (κ3) is 3.03. The van der Waals surface area contributed by atoms with Crippen molar-refractivity contribution in [3.05, 3.63) is 29.8 Å². The van der Waals surface area contributed by atoms with E-state index >= 15 is 0 Å². The van der Waals surface area contributed by atoms with Gasteiger partial charge in [0.25, 0.3) is 0 Å². The Morgan fingerprint density at radius 2 is 2.11 bits per heavy atom. The number of sulfonamides is 1. The predicted octanol–water partition coefficient (Wildman–Crippen LogP) is 1.40. The van der Waals surface area contributed by atoms with Gasteiger partial charge in [-0.15, -0.1) is 12.4 Å². The Kier molecular flexibility index (Phi) is 5.16. The molecule has 1 heterocycles. The lowest BCUT2D eigenvalue weighted by molar-refractivity contribution is 0.464. The summed E-state index contributed by atoms with van der Waals surface area (Å²) in [6.07, 6.45) is 0.877. The topological polar surface area (TPSA) is 49.4 Å². The van der Waals surface area contributed by atoms with Gasteiger partial charge in [-0.05, 0) is 38.1 Å². The predicted molar refractivity (Wildman–Crippen MR) is 74.7 cm³/mol. The number of likely N-dealkylation sites (N-methyl/N-ethyl adjacent to an activating group) is 1. The van der Waals surface area contributed by atoms with Crippen molar-refractivity contribution in [3.8, 4) is 0 Å². The average Bonchev–Trinajstić information content (AvgIpc) is 2.78. The first-order chi connectivity index (χ1) is 8.04. The molecule has 1 aromatic carbocycles. The van der Waals surface area contributed by atoms with E-state index in [1.807, 2.05) is 20.0 Å². The molecule has 1 atom stereocenters. The third-order valence-corrected chi connectivity index (χ3v) is 5.05. The zero-order valence-electron chi connectivity index (χ0n) is 10.6. The van der Waals surface area contributed by atoms with E-state index in [2.05, 4.69) is 5.32 Å². The Bertz CT molecular complexity index is 505. The molecule has 102 valence electrons. The third-order valence-electron chi connectivity index (χ3n) is 3.19. The van der Waals surface area contributed by atoms with Gasteiger partial charge in [0.2, 0.25) is 10.0 Å². The van der Waals surface area contributed by atoms with Gasteiger partial charge in [0, 0.05) is 19.1 Å². The minimum atomic E-state index is -3.31. The van der Waals surface area contributed by atoms with E-state index in [4.69, 9.17) is 0 Å². The molecule has 1 aliphatic rings. The van der Waals surface area contributed by atoms with Crippen molar-refractivity contribution < 1.29 is 8.42 Å². The standard InChI is InChI=1S/C12H18N2O2S.ClH/c1-10-4-3-5-12(8-10)17(15,16)14-7-6-11(9-14)13-2;/h3-5,8,11,13H,6-7,9H2,1-2H3;1H. The van der Waals surface area contributed by atoms with E-state index in [-0.39, 0.29) is 18.4 Å². The number of nitrogens with one attached hydrogen (secondary N) is 1. The summed E-state index contributed by atoms with van der Waals surface area (Å²) >= 11 is 0. The summed E-state index contributed by atoms with van der Waals surface area (Å²) in [6.45, 7) is 3.06. The Morgan fingerprint density at radius 1 is 1.39 bits per heavy atom. The Morgan fingerprint density at radius 3 is 2.67 bits per heavy atom. The largest absolute Gasteiger partial charge is 0.316 e. The second-order valence-electron chi connectivity index (χ2n) is 4.45. The van der Waals surface area contributed by atoms with Crippen LogP contribution in [0.2, 0.25) is 0 Å². The maximum atomic E-state index is 12.3. The normalized spacial score (nSPS) is 20.7. The minimum absolute atomic E-state index is 0. The van der Waals surface area contributed by atoms with Gasteiger partial charge < -0.3 is 5.32 Å². The molecule has 1 saturated heterocycles. The lowest BCUT2D eigenvalue weighted by atomic mass is 10.2. The molecule has 4 nitrogen and oxygen atoms in total. The Labute approximate surface area is 115 Å². The zero-order chi connectivity index (χ0) is 12.5. The van der Waals surface area contributed by atoms with Crippen LogP contribution in [0.4, 0.5) is 0 Å². The van der Waals surface area contributed by atoms with Crippen LogP contribution in [0.15, 0.2) is 29.2 Å². The molecular formula is C12H19ClN2O2S. The van der Waals surface area contributed by atoms with Gasteiger partial charge in [0.05, 0.1) is 4.90 Å². The molecule has 1 aliphatic heterocycles. The summed E-state index contributed by atoms with van der Waals surface area (Å²) in [5.41, 5.74) is 0.968. The van der Waals surface area contributed by atoms with E-state index < -0.39 is 10.0 Å². The van der Waals surface area contributed by atoms with Crippen LogP contribution in [-0.4, -0.2) is 38.9 Å². The Hall–Kier alpha value is -0.620. The fourth-order valence-corrected chi connectivity index (χ4v) is 3.71. The minimum Gasteiger partial charge on any atom is -0.316 e. The average molecular weight is 291 g/mol. The van der Waals surface area contributed by atoms with Crippen molar-refractivity contribution in [2.45, 2.75) is 24.3 Å². The lowest BCUT2D eigenvalue weighted by Crippen LogP contribution is -2.33. The van der Waals surface area contributed by atoms with E-state index in [1.54, 1.807) is 22.5 Å². The zero-order valence-corrected chi connectivity index (χ0v) is 12.2. The van der Waals surface area contributed by atoms with Crippen LogP contribution in [0, 0.1) is 6.92 Å². The number of aryl methyl sites for hydroxylation is 1. The molecule has 0 radical (unpaired) electrons. The smallest absolute Gasteiger partial charge is 0.243 e. The number of halogens is 1. The van der Waals surface area contributed by atoms with Gasteiger partial charge in [-0.3, -0.25) is 0 Å². The van der Waals surface area contributed by atoms with Gasteiger partial charge in [-0.2, -0.15) is 4.31 Å². The van der Waals surface area contributed by atoms with Crippen molar-refractivity contribution >= 4 is 22.4 Å². The van der Waals surface area contributed by atoms with E-state index in [1.165, 1.54) is 0 Å². The number of hydrogen-bond donors (Lipinski definition) is 1. The molecule has 0 aromatic heterocycles. The second-order valence-corrected chi connectivity index (χ2v) is 6.39. The van der Waals surface area contributed by atoms with Crippen molar-refractivity contribution in [2.75, 3.05) is 20.1 Å². The fraction of sp³-hybridized carbons (Fsp3) is 0.500. The summed E-state index contributed by atoms with van der Waals surface area (Å²) in [6, 6.07) is 7.35. The van der Waals surface area contributed by atoms with Gasteiger partial charge in [0.1, 0.15) is 0 Å². The molecular weight excluding hydrogens is 272 g/mol. The molecule has 0 bridgehead atoms. The first-order valence-electron chi connectivity index (χ1n) is 5.78. The quantitative estimate of drug-likeness (QED) is 0.915. The van der Waals surface area contributed by atoms with Crippen LogP contribution in [0.1, 0.15) is 12.0 Å². The summed E-state index contributed by atoms with van der Waals surface area (Å²) in [4.78, 5) is 0.397. The molecule has 0 spiro atoms. The van der Waals surface area contributed by atoms with Crippen LogP contribution in [0.5, 0.6) is 0 Å². The van der Waals surface area contributed by atoms with Gasteiger partial charge >= 0.3 is 0 Å². The number of rotatable bonds is 3. The van der Waals surface area contributed by atoms with Crippen LogP contribution in [-0.2, 0) is 10.0 Å². The van der Waals surface area contributed by atoms with Crippen LogP contribution < -0.4 is 5.32 Å². The molecule has 6 heteroatoms. The second kappa shape index (κ2) is 6.02. The molecule has 0 aliphatic carbocycles. The van der Waals surface area contributed by atoms with E-state index in [0.29, 0.717) is 18.0 Å². The monoisotopic (exact) mass is 290 g/mol. The van der Waals surface area contributed by atoms with Crippen molar-refractivity contribution in [2.24, 2.45) is 0 Å². The number of nitrogens with zero attached hydrogens (tertiary/aromatic N) is 1. The number of benzene rings is 1. The molecule has 1 unspecified atom stereocenters. The van der Waals surface area contributed by atoms with E-state index in [0.717, 1.165) is 12.0 Å². The molecule has 0 saturated carbocycles. The highest BCUT2D eigenvalue weighted by Gasteiger charge is 2.31. The van der Waals surface area contributed by atoms with Crippen molar-refractivity contribution in [3.63, 3.8) is 0 Å². The van der Waals surface area contributed by atoms with Gasteiger partial charge in [0.15, 0.2) is 0 Å².